The van der Waals surface area contributed by atoms with Crippen molar-refractivity contribution in [3.63, 3.8) is 0 Å². The first-order valence-electron chi connectivity index (χ1n) is 5.95. The SMILES string of the molecule is O=S(=O)(c1cc(Cl)cc(Cl)c1)N1CCCC(CBr)C1. The van der Waals surface area contributed by atoms with E-state index in [4.69, 9.17) is 23.2 Å². The van der Waals surface area contributed by atoms with Crippen molar-refractivity contribution < 1.29 is 8.42 Å². The molecule has 1 aromatic rings. The van der Waals surface area contributed by atoms with Gasteiger partial charge in [0.15, 0.2) is 0 Å². The number of sulfonamides is 1. The summed E-state index contributed by atoms with van der Waals surface area (Å²) in [7, 11) is -3.51. The number of hydrogen-bond acceptors (Lipinski definition) is 2. The summed E-state index contributed by atoms with van der Waals surface area (Å²) in [5, 5.41) is 1.48. The van der Waals surface area contributed by atoms with Gasteiger partial charge in [-0.1, -0.05) is 39.1 Å². The summed E-state index contributed by atoms with van der Waals surface area (Å²) in [4.78, 5) is 0.167. The summed E-state index contributed by atoms with van der Waals surface area (Å²) in [5.74, 6) is 0.359. The van der Waals surface area contributed by atoms with Crippen LogP contribution in [0, 0.1) is 5.92 Å². The Morgan fingerprint density at radius 3 is 2.47 bits per heavy atom. The van der Waals surface area contributed by atoms with Gasteiger partial charge in [-0.2, -0.15) is 4.31 Å². The van der Waals surface area contributed by atoms with Crippen molar-refractivity contribution in [2.75, 3.05) is 18.4 Å². The molecule has 1 aliphatic rings. The van der Waals surface area contributed by atoms with E-state index in [0.717, 1.165) is 18.2 Å². The summed E-state index contributed by atoms with van der Waals surface area (Å²) < 4.78 is 26.6. The first kappa shape index (κ1) is 15.6. The number of piperidine rings is 1. The monoisotopic (exact) mass is 385 g/mol. The number of rotatable bonds is 3. The Hall–Kier alpha value is 0.190. The summed E-state index contributed by atoms with van der Waals surface area (Å²) in [5.41, 5.74) is 0. The Morgan fingerprint density at radius 1 is 1.26 bits per heavy atom. The maximum atomic E-state index is 12.5. The lowest BCUT2D eigenvalue weighted by Gasteiger charge is -2.31. The van der Waals surface area contributed by atoms with Gasteiger partial charge in [-0.25, -0.2) is 8.42 Å². The Balaban J connectivity index is 2.31. The van der Waals surface area contributed by atoms with Crippen LogP contribution in [0.5, 0.6) is 0 Å². The smallest absolute Gasteiger partial charge is 0.207 e. The minimum atomic E-state index is -3.51. The highest BCUT2D eigenvalue weighted by molar-refractivity contribution is 9.09. The van der Waals surface area contributed by atoms with Crippen LogP contribution in [0.25, 0.3) is 0 Å². The van der Waals surface area contributed by atoms with Crippen LogP contribution in [0.15, 0.2) is 23.1 Å². The van der Waals surface area contributed by atoms with Crippen molar-refractivity contribution in [1.82, 2.24) is 4.31 Å². The lowest BCUT2D eigenvalue weighted by atomic mass is 10.0. The average molecular weight is 387 g/mol. The summed E-state index contributed by atoms with van der Waals surface area (Å²) in [6, 6.07) is 4.42. The van der Waals surface area contributed by atoms with Crippen LogP contribution in [-0.4, -0.2) is 31.1 Å². The van der Waals surface area contributed by atoms with Gasteiger partial charge in [0, 0.05) is 28.5 Å². The molecule has 0 spiro atoms. The molecule has 106 valence electrons. The highest BCUT2D eigenvalue weighted by Gasteiger charge is 2.30. The highest BCUT2D eigenvalue weighted by Crippen LogP contribution is 2.28. The normalized spacial score (nSPS) is 21.5. The average Bonchev–Trinajstić information content (AvgIpc) is 2.37. The lowest BCUT2D eigenvalue weighted by molar-refractivity contribution is 0.285. The van der Waals surface area contributed by atoms with Crippen LogP contribution in [0.3, 0.4) is 0 Å². The number of nitrogens with zero attached hydrogens (tertiary/aromatic N) is 1. The minimum absolute atomic E-state index is 0.167. The Morgan fingerprint density at radius 2 is 1.89 bits per heavy atom. The third kappa shape index (κ3) is 3.64. The molecule has 0 radical (unpaired) electrons. The third-order valence-corrected chi connectivity index (χ3v) is 6.37. The predicted octanol–water partition coefficient (Wildman–Crippen LogP) is 3.79. The van der Waals surface area contributed by atoms with Crippen LogP contribution in [-0.2, 0) is 10.0 Å². The van der Waals surface area contributed by atoms with Gasteiger partial charge in [0.05, 0.1) is 4.90 Å². The fourth-order valence-corrected chi connectivity index (χ4v) is 5.01. The van der Waals surface area contributed by atoms with Crippen molar-refractivity contribution in [2.24, 2.45) is 5.92 Å². The third-order valence-electron chi connectivity index (χ3n) is 3.17. The van der Waals surface area contributed by atoms with Gasteiger partial charge in [-0.15, -0.1) is 0 Å². The first-order valence-corrected chi connectivity index (χ1v) is 9.27. The maximum absolute atomic E-state index is 12.5. The van der Waals surface area contributed by atoms with E-state index < -0.39 is 10.0 Å². The molecule has 1 fully saturated rings. The van der Waals surface area contributed by atoms with Crippen molar-refractivity contribution in [3.05, 3.63) is 28.2 Å². The number of benzene rings is 1. The lowest BCUT2D eigenvalue weighted by Crippen LogP contribution is -2.40. The quantitative estimate of drug-likeness (QED) is 0.741. The van der Waals surface area contributed by atoms with Gasteiger partial charge in [0.2, 0.25) is 10.0 Å². The zero-order chi connectivity index (χ0) is 14.0. The van der Waals surface area contributed by atoms with Crippen LogP contribution in [0.1, 0.15) is 12.8 Å². The molecule has 1 heterocycles. The molecule has 1 atom stereocenters. The molecule has 0 aliphatic carbocycles. The molecule has 3 nitrogen and oxygen atoms in total. The van der Waals surface area contributed by atoms with E-state index in [1.807, 2.05) is 0 Å². The predicted molar refractivity (Wildman–Crippen MR) is 81.7 cm³/mol. The zero-order valence-corrected chi connectivity index (χ0v) is 14.1. The van der Waals surface area contributed by atoms with E-state index >= 15 is 0 Å². The topological polar surface area (TPSA) is 37.4 Å². The van der Waals surface area contributed by atoms with Crippen LogP contribution >= 0.6 is 39.1 Å². The van der Waals surface area contributed by atoms with Gasteiger partial charge in [-0.3, -0.25) is 0 Å². The van der Waals surface area contributed by atoms with Crippen LogP contribution in [0.4, 0.5) is 0 Å². The second kappa shape index (κ2) is 6.31. The fourth-order valence-electron chi connectivity index (χ4n) is 2.20. The van der Waals surface area contributed by atoms with E-state index in [1.165, 1.54) is 22.5 Å². The van der Waals surface area contributed by atoms with Gasteiger partial charge in [-0.05, 0) is 37.0 Å². The first-order chi connectivity index (χ1) is 8.93. The second-order valence-corrected chi connectivity index (χ2v) is 8.09. The number of hydrogen-bond donors (Lipinski definition) is 0. The van der Waals surface area contributed by atoms with Crippen LogP contribution in [0.2, 0.25) is 10.0 Å². The molecule has 0 bridgehead atoms. The minimum Gasteiger partial charge on any atom is -0.207 e. The van der Waals surface area contributed by atoms with Gasteiger partial charge in [0.1, 0.15) is 0 Å². The van der Waals surface area contributed by atoms with E-state index in [0.29, 0.717) is 29.1 Å². The molecule has 0 amide bonds. The van der Waals surface area contributed by atoms with Crippen molar-refractivity contribution in [3.8, 4) is 0 Å². The molecule has 0 saturated carbocycles. The molecular formula is C12H14BrCl2NO2S. The summed E-state index contributed by atoms with van der Waals surface area (Å²) >= 11 is 15.2. The molecule has 1 saturated heterocycles. The van der Waals surface area contributed by atoms with Crippen molar-refractivity contribution >= 4 is 49.2 Å². The molecule has 1 aliphatic heterocycles. The zero-order valence-electron chi connectivity index (χ0n) is 10.2. The molecule has 1 aromatic carbocycles. The van der Waals surface area contributed by atoms with E-state index in [9.17, 15) is 8.42 Å². The maximum Gasteiger partial charge on any atom is 0.243 e. The highest BCUT2D eigenvalue weighted by atomic mass is 79.9. The molecule has 0 N–H and O–H groups in total. The van der Waals surface area contributed by atoms with Gasteiger partial charge >= 0.3 is 0 Å². The van der Waals surface area contributed by atoms with Gasteiger partial charge in [0.25, 0.3) is 0 Å². The molecule has 2 rings (SSSR count). The van der Waals surface area contributed by atoms with Gasteiger partial charge < -0.3 is 0 Å². The van der Waals surface area contributed by atoms with Crippen LogP contribution < -0.4 is 0 Å². The largest absolute Gasteiger partial charge is 0.243 e. The standard InChI is InChI=1S/C12H14BrCl2NO2S/c13-7-9-2-1-3-16(8-9)19(17,18)12-5-10(14)4-11(15)6-12/h4-6,9H,1-3,7-8H2. The van der Waals surface area contributed by atoms with E-state index in [-0.39, 0.29) is 4.90 Å². The van der Waals surface area contributed by atoms with E-state index in [2.05, 4.69) is 15.9 Å². The van der Waals surface area contributed by atoms with Crippen molar-refractivity contribution in [1.29, 1.82) is 0 Å². The molecule has 19 heavy (non-hydrogen) atoms. The Kier molecular flexibility index (Phi) is 5.17. The summed E-state index contributed by atoms with van der Waals surface area (Å²) in [6.45, 7) is 1.09. The summed E-state index contributed by atoms with van der Waals surface area (Å²) in [6.07, 6.45) is 1.93. The number of halogens is 3. The Bertz CT molecular complexity index is 545. The second-order valence-electron chi connectivity index (χ2n) is 4.63. The molecule has 0 aromatic heterocycles. The van der Waals surface area contributed by atoms with Crippen molar-refractivity contribution in [2.45, 2.75) is 17.7 Å². The fraction of sp³-hybridized carbons (Fsp3) is 0.500. The molecular weight excluding hydrogens is 373 g/mol. The Labute approximate surface area is 132 Å². The molecule has 7 heteroatoms. The molecule has 1 unspecified atom stereocenters. The van der Waals surface area contributed by atoms with E-state index in [1.54, 1.807) is 0 Å². The number of alkyl halides is 1.